The van der Waals surface area contributed by atoms with Gasteiger partial charge in [0, 0.05) is 30.1 Å². The Morgan fingerprint density at radius 1 is 1.53 bits per heavy atom. The van der Waals surface area contributed by atoms with Gasteiger partial charge in [0.2, 0.25) is 0 Å². The largest absolute Gasteiger partial charge is 0.494 e. The molecule has 0 spiro atoms. The second kappa shape index (κ2) is 6.59. The van der Waals surface area contributed by atoms with E-state index < -0.39 is 0 Å². The summed E-state index contributed by atoms with van der Waals surface area (Å²) in [6, 6.07) is 5.74. The smallest absolute Gasteiger partial charge is 0.165 e. The first-order valence-corrected chi connectivity index (χ1v) is 7.61. The molecule has 1 heterocycles. The molecule has 0 radical (unpaired) electrons. The van der Waals surface area contributed by atoms with E-state index in [1.54, 1.807) is 12.1 Å². The first kappa shape index (κ1) is 14.6. The number of thioether (sulfide) groups is 1. The summed E-state index contributed by atoms with van der Waals surface area (Å²) in [6.07, 6.45) is 0. The fraction of sp³-hybridized carbons (Fsp3) is 0.571. The number of likely N-dealkylation sites (N-methyl/N-ethyl adjacent to an activating group) is 2. The van der Waals surface area contributed by atoms with Crippen molar-refractivity contribution in [1.82, 2.24) is 10.2 Å². The molecule has 1 aliphatic rings. The van der Waals surface area contributed by atoms with Crippen LogP contribution in [0.15, 0.2) is 18.2 Å². The van der Waals surface area contributed by atoms with Crippen LogP contribution in [0.5, 0.6) is 5.75 Å². The highest BCUT2D eigenvalue weighted by Crippen LogP contribution is 2.29. The molecule has 0 saturated carbocycles. The zero-order valence-corrected chi connectivity index (χ0v) is 12.5. The van der Waals surface area contributed by atoms with Crippen LogP contribution in [0, 0.1) is 5.82 Å². The summed E-state index contributed by atoms with van der Waals surface area (Å²) in [6.45, 7) is 1.08. The van der Waals surface area contributed by atoms with Crippen LogP contribution in [-0.4, -0.2) is 50.2 Å². The van der Waals surface area contributed by atoms with Gasteiger partial charge in [-0.05, 0) is 31.8 Å². The van der Waals surface area contributed by atoms with Crippen LogP contribution >= 0.6 is 11.8 Å². The van der Waals surface area contributed by atoms with Gasteiger partial charge in [-0.3, -0.25) is 4.90 Å². The molecule has 1 aromatic rings. The van der Waals surface area contributed by atoms with Gasteiger partial charge in [-0.15, -0.1) is 0 Å². The fourth-order valence-electron chi connectivity index (χ4n) is 2.51. The van der Waals surface area contributed by atoms with E-state index in [1.807, 2.05) is 24.9 Å². The van der Waals surface area contributed by atoms with Crippen molar-refractivity contribution < 1.29 is 9.13 Å². The lowest BCUT2D eigenvalue weighted by Crippen LogP contribution is -2.47. The molecule has 2 unspecified atom stereocenters. The highest BCUT2D eigenvalue weighted by atomic mass is 32.2. The molecule has 1 aliphatic heterocycles. The number of rotatable bonds is 4. The highest BCUT2D eigenvalue weighted by Gasteiger charge is 2.28. The number of hydrogen-bond acceptors (Lipinski definition) is 4. The van der Waals surface area contributed by atoms with E-state index in [2.05, 4.69) is 17.3 Å². The lowest BCUT2D eigenvalue weighted by molar-refractivity contribution is 0.221. The first-order valence-electron chi connectivity index (χ1n) is 6.46. The van der Waals surface area contributed by atoms with Crippen molar-refractivity contribution in [3.63, 3.8) is 0 Å². The lowest BCUT2D eigenvalue weighted by Gasteiger charge is -2.38. The second-order valence-corrected chi connectivity index (χ2v) is 5.93. The minimum absolute atomic E-state index is 0.137. The van der Waals surface area contributed by atoms with Gasteiger partial charge in [-0.1, -0.05) is 6.07 Å². The van der Waals surface area contributed by atoms with Crippen LogP contribution < -0.4 is 10.1 Å². The molecule has 0 aromatic heterocycles. The van der Waals surface area contributed by atoms with Gasteiger partial charge in [-0.2, -0.15) is 11.8 Å². The Balaban J connectivity index is 2.23. The van der Waals surface area contributed by atoms with E-state index in [1.165, 1.54) is 12.9 Å². The van der Waals surface area contributed by atoms with Crippen molar-refractivity contribution in [2.24, 2.45) is 0 Å². The van der Waals surface area contributed by atoms with E-state index in [4.69, 9.17) is 4.74 Å². The topological polar surface area (TPSA) is 24.5 Å². The van der Waals surface area contributed by atoms with Crippen LogP contribution in [0.1, 0.15) is 11.6 Å². The van der Waals surface area contributed by atoms with Crippen LogP contribution in [0.25, 0.3) is 0 Å². The molecule has 0 amide bonds. The summed E-state index contributed by atoms with van der Waals surface area (Å²) in [5.41, 5.74) is 0.972. The van der Waals surface area contributed by atoms with E-state index in [0.717, 1.165) is 17.9 Å². The molecule has 0 aliphatic carbocycles. The van der Waals surface area contributed by atoms with Crippen molar-refractivity contribution in [3.8, 4) is 5.75 Å². The number of nitrogens with zero attached hydrogens (tertiary/aromatic N) is 1. The third-order valence-corrected chi connectivity index (χ3v) is 4.72. The molecule has 1 aromatic carbocycles. The number of hydrogen-bond donors (Lipinski definition) is 1. The van der Waals surface area contributed by atoms with Crippen LogP contribution in [0.2, 0.25) is 0 Å². The number of nitrogens with one attached hydrogen (secondary N) is 1. The van der Waals surface area contributed by atoms with E-state index in [0.29, 0.717) is 11.8 Å². The summed E-state index contributed by atoms with van der Waals surface area (Å²) >= 11 is 1.96. The highest BCUT2D eigenvalue weighted by molar-refractivity contribution is 7.99. The normalized spacial score (nSPS) is 22.2. The molecule has 19 heavy (non-hydrogen) atoms. The summed E-state index contributed by atoms with van der Waals surface area (Å²) in [7, 11) is 5.55. The van der Waals surface area contributed by atoms with Gasteiger partial charge < -0.3 is 10.1 Å². The maximum Gasteiger partial charge on any atom is 0.165 e. The summed E-state index contributed by atoms with van der Waals surface area (Å²) < 4.78 is 18.8. The zero-order valence-electron chi connectivity index (χ0n) is 11.6. The summed E-state index contributed by atoms with van der Waals surface area (Å²) in [4.78, 5) is 2.35. The van der Waals surface area contributed by atoms with Gasteiger partial charge in [-0.25, -0.2) is 4.39 Å². The third-order valence-electron chi connectivity index (χ3n) is 3.67. The molecule has 2 atom stereocenters. The van der Waals surface area contributed by atoms with Crippen molar-refractivity contribution in [1.29, 1.82) is 0 Å². The number of benzene rings is 1. The van der Waals surface area contributed by atoms with Crippen molar-refractivity contribution in [2.75, 3.05) is 39.3 Å². The monoisotopic (exact) mass is 284 g/mol. The SMILES string of the molecule is CNC(c1ccc(OC)c(F)c1)C1CSCCN1C. The third kappa shape index (κ3) is 3.22. The Hall–Kier alpha value is -0.780. The van der Waals surface area contributed by atoms with Crippen molar-refractivity contribution in [2.45, 2.75) is 12.1 Å². The van der Waals surface area contributed by atoms with Gasteiger partial charge in [0.1, 0.15) is 0 Å². The molecular formula is C14H21FN2OS. The van der Waals surface area contributed by atoms with Crippen LogP contribution in [0.4, 0.5) is 4.39 Å². The number of halogens is 1. The molecule has 1 saturated heterocycles. The standard InChI is InChI=1S/C14H21FN2OS/c1-16-14(12-9-19-7-6-17(12)2)10-4-5-13(18-3)11(15)8-10/h4-5,8,12,14,16H,6-7,9H2,1-3H3. The number of methoxy groups -OCH3 is 1. The summed E-state index contributed by atoms with van der Waals surface area (Å²) in [5.74, 6) is 2.23. The molecule has 1 fully saturated rings. The van der Waals surface area contributed by atoms with E-state index in [-0.39, 0.29) is 11.9 Å². The molecule has 0 bridgehead atoms. The molecule has 1 N–H and O–H groups in total. The average Bonchev–Trinajstić information content (AvgIpc) is 2.42. The Labute approximate surface area is 118 Å². The predicted molar refractivity (Wildman–Crippen MR) is 78.5 cm³/mol. The quantitative estimate of drug-likeness (QED) is 0.915. The minimum Gasteiger partial charge on any atom is -0.494 e. The molecule has 106 valence electrons. The summed E-state index contributed by atoms with van der Waals surface area (Å²) in [5, 5.41) is 3.32. The molecule has 5 heteroatoms. The van der Waals surface area contributed by atoms with E-state index in [9.17, 15) is 4.39 Å². The average molecular weight is 284 g/mol. The maximum absolute atomic E-state index is 13.8. The van der Waals surface area contributed by atoms with Gasteiger partial charge in [0.15, 0.2) is 11.6 Å². The Morgan fingerprint density at radius 3 is 2.89 bits per heavy atom. The van der Waals surface area contributed by atoms with Gasteiger partial charge in [0.25, 0.3) is 0 Å². The van der Waals surface area contributed by atoms with Gasteiger partial charge in [0.05, 0.1) is 7.11 Å². The maximum atomic E-state index is 13.8. The minimum atomic E-state index is -0.300. The molecular weight excluding hydrogens is 263 g/mol. The second-order valence-electron chi connectivity index (χ2n) is 4.78. The zero-order chi connectivity index (χ0) is 13.8. The first-order chi connectivity index (χ1) is 9.17. The van der Waals surface area contributed by atoms with E-state index >= 15 is 0 Å². The Morgan fingerprint density at radius 2 is 2.32 bits per heavy atom. The molecule has 2 rings (SSSR count). The van der Waals surface area contributed by atoms with Crippen molar-refractivity contribution >= 4 is 11.8 Å². The molecule has 3 nitrogen and oxygen atoms in total. The van der Waals surface area contributed by atoms with Gasteiger partial charge >= 0.3 is 0 Å². The number of ether oxygens (including phenoxy) is 1. The predicted octanol–water partition coefficient (Wildman–Crippen LogP) is 2.14. The lowest BCUT2D eigenvalue weighted by atomic mass is 9.99. The van der Waals surface area contributed by atoms with Crippen molar-refractivity contribution in [3.05, 3.63) is 29.6 Å². The Bertz CT molecular complexity index is 430. The van der Waals surface area contributed by atoms with Crippen LogP contribution in [-0.2, 0) is 0 Å². The Kier molecular flexibility index (Phi) is 5.07. The van der Waals surface area contributed by atoms with Crippen LogP contribution in [0.3, 0.4) is 0 Å². The fourth-order valence-corrected chi connectivity index (χ4v) is 3.79.